The van der Waals surface area contributed by atoms with E-state index in [1.807, 2.05) is 11.8 Å². The smallest absolute Gasteiger partial charge is 0.317 e. The number of amides is 2. The third-order valence-electron chi connectivity index (χ3n) is 4.91. The Morgan fingerprint density at radius 2 is 2.00 bits per heavy atom. The van der Waals surface area contributed by atoms with Gasteiger partial charge in [0.25, 0.3) is 0 Å². The van der Waals surface area contributed by atoms with Gasteiger partial charge in [-0.25, -0.2) is 4.79 Å². The molecule has 2 fully saturated rings. The summed E-state index contributed by atoms with van der Waals surface area (Å²) in [7, 11) is 0. The predicted molar refractivity (Wildman–Crippen MR) is 80.2 cm³/mol. The van der Waals surface area contributed by atoms with E-state index in [-0.39, 0.29) is 17.9 Å². The molecular formula is C15H27N3O3. The van der Waals surface area contributed by atoms with Crippen LogP contribution in [0, 0.1) is 5.41 Å². The van der Waals surface area contributed by atoms with E-state index in [0.29, 0.717) is 19.1 Å². The number of carbonyl (C=O) groups is 2. The normalized spacial score (nSPS) is 21.4. The molecule has 6 nitrogen and oxygen atoms in total. The van der Waals surface area contributed by atoms with Gasteiger partial charge in [0.1, 0.15) is 0 Å². The fourth-order valence-electron chi connectivity index (χ4n) is 3.46. The molecule has 6 heteroatoms. The lowest BCUT2D eigenvalue weighted by Gasteiger charge is -2.42. The first-order valence-corrected chi connectivity index (χ1v) is 8.03. The summed E-state index contributed by atoms with van der Waals surface area (Å²) in [5, 5.41) is 15.3. The van der Waals surface area contributed by atoms with Gasteiger partial charge in [-0.15, -0.1) is 0 Å². The summed E-state index contributed by atoms with van der Waals surface area (Å²) in [4.78, 5) is 25.2. The molecule has 2 amide bonds. The number of urea groups is 1. The molecule has 1 saturated carbocycles. The van der Waals surface area contributed by atoms with Gasteiger partial charge < -0.3 is 20.6 Å². The van der Waals surface area contributed by atoms with Crippen LogP contribution in [0.5, 0.6) is 0 Å². The van der Waals surface area contributed by atoms with Crippen molar-refractivity contribution in [3.05, 3.63) is 0 Å². The van der Waals surface area contributed by atoms with Crippen molar-refractivity contribution < 1.29 is 14.7 Å². The molecule has 2 aliphatic rings. The predicted octanol–water partition coefficient (Wildman–Crippen LogP) is 1.41. The summed E-state index contributed by atoms with van der Waals surface area (Å²) in [6, 6.07) is 0.258. The second-order valence-electron chi connectivity index (χ2n) is 6.35. The maximum atomic E-state index is 12.4. The third-order valence-corrected chi connectivity index (χ3v) is 4.91. The summed E-state index contributed by atoms with van der Waals surface area (Å²) < 4.78 is 0. The molecule has 0 radical (unpaired) electrons. The topological polar surface area (TPSA) is 81.7 Å². The number of nitrogens with zero attached hydrogens (tertiary/aromatic N) is 1. The Bertz CT molecular complexity index is 376. The highest BCUT2D eigenvalue weighted by Gasteiger charge is 2.39. The Morgan fingerprint density at radius 3 is 2.48 bits per heavy atom. The maximum absolute atomic E-state index is 12.4. The largest absolute Gasteiger partial charge is 0.481 e. The Morgan fingerprint density at radius 1 is 1.33 bits per heavy atom. The van der Waals surface area contributed by atoms with Crippen molar-refractivity contribution in [2.75, 3.05) is 26.2 Å². The molecule has 0 spiro atoms. The minimum Gasteiger partial charge on any atom is -0.481 e. The van der Waals surface area contributed by atoms with Crippen LogP contribution in [0.15, 0.2) is 0 Å². The number of hydrogen-bond acceptors (Lipinski definition) is 3. The zero-order valence-corrected chi connectivity index (χ0v) is 12.9. The Balaban J connectivity index is 1.85. The molecule has 120 valence electrons. The average molecular weight is 297 g/mol. The molecule has 0 aromatic carbocycles. The number of piperidine rings is 1. The molecule has 0 unspecified atom stereocenters. The highest BCUT2D eigenvalue weighted by molar-refractivity contribution is 5.75. The van der Waals surface area contributed by atoms with Crippen LogP contribution in [0.3, 0.4) is 0 Å². The first kappa shape index (κ1) is 16.1. The molecule has 0 aromatic rings. The number of carbonyl (C=O) groups excluding carboxylic acids is 1. The molecule has 0 bridgehead atoms. The number of aliphatic carboxylic acids is 1. The van der Waals surface area contributed by atoms with Crippen LogP contribution in [0.1, 0.15) is 45.4 Å². The number of hydrogen-bond donors (Lipinski definition) is 3. The zero-order chi connectivity index (χ0) is 15.3. The van der Waals surface area contributed by atoms with Crippen LogP contribution < -0.4 is 10.6 Å². The van der Waals surface area contributed by atoms with E-state index in [2.05, 4.69) is 10.6 Å². The van der Waals surface area contributed by atoms with E-state index in [1.165, 1.54) is 0 Å². The lowest BCUT2D eigenvalue weighted by atomic mass is 9.66. The van der Waals surface area contributed by atoms with Crippen molar-refractivity contribution in [1.29, 1.82) is 0 Å². The lowest BCUT2D eigenvalue weighted by Crippen LogP contribution is -2.52. The van der Waals surface area contributed by atoms with Crippen LogP contribution in [-0.2, 0) is 4.79 Å². The molecule has 3 N–H and O–H groups in total. The molecule has 0 aromatic heterocycles. The molecule has 0 atom stereocenters. The van der Waals surface area contributed by atoms with Gasteiger partial charge in [0, 0.05) is 19.1 Å². The van der Waals surface area contributed by atoms with Gasteiger partial charge in [0.2, 0.25) is 0 Å². The van der Waals surface area contributed by atoms with E-state index >= 15 is 0 Å². The molecule has 1 aliphatic carbocycles. The van der Waals surface area contributed by atoms with Crippen molar-refractivity contribution in [2.24, 2.45) is 5.41 Å². The van der Waals surface area contributed by atoms with E-state index in [4.69, 9.17) is 5.11 Å². The summed E-state index contributed by atoms with van der Waals surface area (Å²) >= 11 is 0. The number of carboxylic acids is 1. The molecule has 2 rings (SSSR count). The summed E-state index contributed by atoms with van der Waals surface area (Å²) in [5.41, 5.74) is -0.213. The highest BCUT2D eigenvalue weighted by Crippen LogP contribution is 2.43. The fourth-order valence-corrected chi connectivity index (χ4v) is 3.46. The molecule has 1 saturated heterocycles. The van der Waals surface area contributed by atoms with Crippen LogP contribution in [-0.4, -0.2) is 54.2 Å². The SMILES string of the molecule is CCN(C(=O)NCC1(CC(=O)O)CCC1)C1CCNCC1. The average Bonchev–Trinajstić information content (AvgIpc) is 2.43. The quantitative estimate of drug-likeness (QED) is 0.692. The van der Waals surface area contributed by atoms with Gasteiger partial charge in [-0.05, 0) is 51.1 Å². The molecule has 1 heterocycles. The maximum Gasteiger partial charge on any atom is 0.317 e. The second kappa shape index (κ2) is 7.11. The van der Waals surface area contributed by atoms with Crippen molar-refractivity contribution in [1.82, 2.24) is 15.5 Å². The standard InChI is InChI=1S/C15H27N3O3/c1-2-18(12-4-8-16-9-5-12)14(21)17-11-15(6-3-7-15)10-13(19)20/h12,16H,2-11H2,1H3,(H,17,21)(H,19,20). The summed E-state index contributed by atoms with van der Waals surface area (Å²) in [5.74, 6) is -0.769. The molecule has 21 heavy (non-hydrogen) atoms. The van der Waals surface area contributed by atoms with Crippen molar-refractivity contribution in [3.8, 4) is 0 Å². The van der Waals surface area contributed by atoms with Crippen LogP contribution in [0.2, 0.25) is 0 Å². The summed E-state index contributed by atoms with van der Waals surface area (Å²) in [6.45, 7) is 5.09. The van der Waals surface area contributed by atoms with Crippen LogP contribution >= 0.6 is 0 Å². The van der Waals surface area contributed by atoms with E-state index in [9.17, 15) is 9.59 Å². The monoisotopic (exact) mass is 297 g/mol. The highest BCUT2D eigenvalue weighted by atomic mass is 16.4. The Labute approximate surface area is 126 Å². The second-order valence-corrected chi connectivity index (χ2v) is 6.35. The van der Waals surface area contributed by atoms with Gasteiger partial charge in [-0.2, -0.15) is 0 Å². The van der Waals surface area contributed by atoms with Gasteiger partial charge in [-0.1, -0.05) is 6.42 Å². The Kier molecular flexibility index (Phi) is 5.45. The zero-order valence-electron chi connectivity index (χ0n) is 12.9. The molecule has 1 aliphatic heterocycles. The number of carboxylic acid groups (broad SMARTS) is 1. The minimum atomic E-state index is -0.769. The minimum absolute atomic E-state index is 0.0407. The first-order chi connectivity index (χ1) is 10.1. The van der Waals surface area contributed by atoms with Gasteiger partial charge in [0.05, 0.1) is 6.42 Å². The number of rotatable bonds is 6. The third kappa shape index (κ3) is 4.09. The number of nitrogens with one attached hydrogen (secondary N) is 2. The van der Waals surface area contributed by atoms with E-state index in [0.717, 1.165) is 45.2 Å². The Hall–Kier alpha value is -1.30. The van der Waals surface area contributed by atoms with Crippen LogP contribution in [0.25, 0.3) is 0 Å². The summed E-state index contributed by atoms with van der Waals surface area (Å²) in [6.07, 6.45) is 5.00. The van der Waals surface area contributed by atoms with Crippen LogP contribution in [0.4, 0.5) is 4.79 Å². The van der Waals surface area contributed by atoms with Crippen molar-refractivity contribution >= 4 is 12.0 Å². The van der Waals surface area contributed by atoms with Crippen molar-refractivity contribution in [3.63, 3.8) is 0 Å². The van der Waals surface area contributed by atoms with E-state index < -0.39 is 5.97 Å². The van der Waals surface area contributed by atoms with Crippen molar-refractivity contribution in [2.45, 2.75) is 51.5 Å². The molecular weight excluding hydrogens is 270 g/mol. The van der Waals surface area contributed by atoms with Gasteiger partial charge >= 0.3 is 12.0 Å². The van der Waals surface area contributed by atoms with Gasteiger partial charge in [-0.3, -0.25) is 4.79 Å². The fraction of sp³-hybridized carbons (Fsp3) is 0.867. The first-order valence-electron chi connectivity index (χ1n) is 8.03. The van der Waals surface area contributed by atoms with Gasteiger partial charge in [0.15, 0.2) is 0 Å². The van der Waals surface area contributed by atoms with E-state index in [1.54, 1.807) is 0 Å². The lowest BCUT2D eigenvalue weighted by molar-refractivity contribution is -0.141.